The van der Waals surface area contributed by atoms with Crippen LogP contribution >= 0.6 is 11.6 Å². The first-order valence-corrected chi connectivity index (χ1v) is 4.76. The molecule has 0 saturated heterocycles. The molecular formula is C9H9ClN4O. The Kier molecular flexibility index (Phi) is 2.42. The topological polar surface area (TPSA) is 73.3 Å². The molecule has 0 spiro atoms. The number of nitrogens with zero attached hydrogens (tertiary/aromatic N) is 3. The van der Waals surface area contributed by atoms with E-state index in [0.29, 0.717) is 16.5 Å². The first-order chi connectivity index (χ1) is 7.08. The monoisotopic (exact) mass is 224 g/mol. The first-order valence-electron chi connectivity index (χ1n) is 4.38. The first kappa shape index (κ1) is 10.1. The summed E-state index contributed by atoms with van der Waals surface area (Å²) >= 11 is 5.70. The number of halogens is 1. The van der Waals surface area contributed by atoms with Gasteiger partial charge in [-0.25, -0.2) is 9.97 Å². The highest BCUT2D eigenvalue weighted by atomic mass is 35.5. The maximum Gasteiger partial charge on any atom is 0.199 e. The Labute approximate surface area is 90.9 Å². The van der Waals surface area contributed by atoms with E-state index in [-0.39, 0.29) is 5.78 Å². The molecule has 0 aliphatic heterocycles. The molecule has 2 heterocycles. The van der Waals surface area contributed by atoms with Crippen molar-refractivity contribution in [2.24, 2.45) is 5.73 Å². The van der Waals surface area contributed by atoms with Crippen molar-refractivity contribution in [3.8, 4) is 0 Å². The van der Waals surface area contributed by atoms with Crippen LogP contribution in [0.15, 0.2) is 18.6 Å². The second kappa shape index (κ2) is 3.60. The molecule has 2 aromatic rings. The maximum atomic E-state index is 11.5. The van der Waals surface area contributed by atoms with Gasteiger partial charge in [-0.3, -0.25) is 4.79 Å². The molecule has 0 aliphatic rings. The molecule has 0 amide bonds. The van der Waals surface area contributed by atoms with E-state index in [1.165, 1.54) is 6.20 Å². The zero-order chi connectivity index (χ0) is 11.0. The highest BCUT2D eigenvalue weighted by Gasteiger charge is 2.14. The number of imidazole rings is 1. The van der Waals surface area contributed by atoms with Gasteiger partial charge in [-0.1, -0.05) is 11.6 Å². The highest BCUT2D eigenvalue weighted by molar-refractivity contribution is 6.29. The Bertz CT molecular complexity index is 520. The van der Waals surface area contributed by atoms with Crippen molar-refractivity contribution in [1.29, 1.82) is 0 Å². The molecule has 1 atom stereocenters. The summed E-state index contributed by atoms with van der Waals surface area (Å²) in [4.78, 5) is 19.5. The number of Topliss-reactive ketones (excluding diaryl/α,β-unsaturated/α-hetero) is 1. The summed E-state index contributed by atoms with van der Waals surface area (Å²) in [6.45, 7) is 1.62. The van der Waals surface area contributed by atoms with Gasteiger partial charge in [0, 0.05) is 12.4 Å². The number of rotatable bonds is 2. The van der Waals surface area contributed by atoms with Crippen LogP contribution in [0.3, 0.4) is 0 Å². The smallest absolute Gasteiger partial charge is 0.199 e. The van der Waals surface area contributed by atoms with Crippen LogP contribution in [-0.4, -0.2) is 26.2 Å². The van der Waals surface area contributed by atoms with Crippen molar-refractivity contribution in [1.82, 2.24) is 14.4 Å². The van der Waals surface area contributed by atoms with Crippen LogP contribution in [0.1, 0.15) is 17.4 Å². The van der Waals surface area contributed by atoms with Crippen LogP contribution < -0.4 is 5.73 Å². The van der Waals surface area contributed by atoms with Gasteiger partial charge in [0.1, 0.15) is 10.8 Å². The lowest BCUT2D eigenvalue weighted by molar-refractivity contribution is 0.0963. The molecule has 0 bridgehead atoms. The van der Waals surface area contributed by atoms with Gasteiger partial charge < -0.3 is 10.1 Å². The predicted molar refractivity (Wildman–Crippen MR) is 56.0 cm³/mol. The number of aromatic nitrogens is 3. The fourth-order valence-corrected chi connectivity index (χ4v) is 1.38. The quantitative estimate of drug-likeness (QED) is 0.770. The maximum absolute atomic E-state index is 11.5. The van der Waals surface area contributed by atoms with E-state index in [0.717, 1.165) is 0 Å². The summed E-state index contributed by atoms with van der Waals surface area (Å²) in [5.74, 6) is -0.199. The zero-order valence-corrected chi connectivity index (χ0v) is 8.77. The van der Waals surface area contributed by atoms with Crippen molar-refractivity contribution in [2.45, 2.75) is 13.0 Å². The van der Waals surface area contributed by atoms with E-state index in [1.54, 1.807) is 23.7 Å². The minimum atomic E-state index is -0.557. The van der Waals surface area contributed by atoms with E-state index >= 15 is 0 Å². The number of hydrogen-bond acceptors (Lipinski definition) is 4. The van der Waals surface area contributed by atoms with Gasteiger partial charge in [-0.05, 0) is 6.92 Å². The second-order valence-corrected chi connectivity index (χ2v) is 3.64. The lowest BCUT2D eigenvalue weighted by Gasteiger charge is -1.97. The number of ketones is 1. The van der Waals surface area contributed by atoms with Gasteiger partial charge in [-0.2, -0.15) is 0 Å². The summed E-state index contributed by atoms with van der Waals surface area (Å²) in [6, 6.07) is -0.557. The van der Waals surface area contributed by atoms with Gasteiger partial charge >= 0.3 is 0 Å². The van der Waals surface area contributed by atoms with Gasteiger partial charge in [0.2, 0.25) is 0 Å². The molecule has 78 valence electrons. The molecule has 2 rings (SSSR count). The molecule has 0 radical (unpaired) electrons. The average molecular weight is 225 g/mol. The lowest BCUT2D eigenvalue weighted by Crippen LogP contribution is -2.26. The Morgan fingerprint density at radius 3 is 3.00 bits per heavy atom. The zero-order valence-electron chi connectivity index (χ0n) is 8.01. The van der Waals surface area contributed by atoms with Gasteiger partial charge in [0.05, 0.1) is 12.2 Å². The summed E-state index contributed by atoms with van der Waals surface area (Å²) in [5.41, 5.74) is 6.38. The molecule has 15 heavy (non-hydrogen) atoms. The van der Waals surface area contributed by atoms with Crippen LogP contribution in [0, 0.1) is 0 Å². The van der Waals surface area contributed by atoms with Crippen molar-refractivity contribution in [2.75, 3.05) is 0 Å². The Hall–Kier alpha value is -1.46. The van der Waals surface area contributed by atoms with Crippen molar-refractivity contribution in [3.05, 3.63) is 29.4 Å². The molecule has 0 aromatic carbocycles. The Balaban J connectivity index is 2.52. The number of fused-ring (bicyclic) bond motifs is 1. The van der Waals surface area contributed by atoms with Crippen molar-refractivity contribution in [3.63, 3.8) is 0 Å². The third kappa shape index (κ3) is 1.84. The molecule has 1 unspecified atom stereocenters. The van der Waals surface area contributed by atoms with Crippen LogP contribution in [0.5, 0.6) is 0 Å². The molecule has 0 fully saturated rings. The summed E-state index contributed by atoms with van der Waals surface area (Å²) in [7, 11) is 0. The van der Waals surface area contributed by atoms with Crippen LogP contribution in [-0.2, 0) is 0 Å². The minimum absolute atomic E-state index is 0.199. The number of hydrogen-bond donors (Lipinski definition) is 1. The average Bonchev–Trinajstić information content (AvgIpc) is 2.58. The van der Waals surface area contributed by atoms with E-state index in [2.05, 4.69) is 9.97 Å². The normalized spacial score (nSPS) is 13.0. The van der Waals surface area contributed by atoms with Crippen molar-refractivity contribution < 1.29 is 4.79 Å². The van der Waals surface area contributed by atoms with Gasteiger partial charge in [-0.15, -0.1) is 0 Å². The third-order valence-corrected chi connectivity index (χ3v) is 2.17. The second-order valence-electron chi connectivity index (χ2n) is 3.25. The fraction of sp³-hybridized carbons (Fsp3) is 0.222. The van der Waals surface area contributed by atoms with Gasteiger partial charge in [0.15, 0.2) is 11.4 Å². The SMILES string of the molecule is CC(N)C(=O)c1cn2cc(Cl)ncc2n1. The Morgan fingerprint density at radius 1 is 1.60 bits per heavy atom. The molecule has 0 aliphatic carbocycles. The fourth-order valence-electron chi connectivity index (χ4n) is 1.23. The summed E-state index contributed by atoms with van der Waals surface area (Å²) in [6.07, 6.45) is 4.68. The summed E-state index contributed by atoms with van der Waals surface area (Å²) < 4.78 is 1.64. The standard InChI is InChI=1S/C9H9ClN4O/c1-5(11)9(15)6-3-14-4-7(10)12-2-8(14)13-6/h2-5H,11H2,1H3. The number of carbonyl (C=O) groups is 1. The van der Waals surface area contributed by atoms with E-state index in [4.69, 9.17) is 17.3 Å². The largest absolute Gasteiger partial charge is 0.321 e. The lowest BCUT2D eigenvalue weighted by atomic mass is 10.2. The van der Waals surface area contributed by atoms with Gasteiger partial charge in [0.25, 0.3) is 0 Å². The van der Waals surface area contributed by atoms with Crippen LogP contribution in [0.2, 0.25) is 5.15 Å². The minimum Gasteiger partial charge on any atom is -0.321 e. The van der Waals surface area contributed by atoms with Crippen molar-refractivity contribution >= 4 is 23.0 Å². The molecule has 5 nitrogen and oxygen atoms in total. The molecule has 2 aromatic heterocycles. The summed E-state index contributed by atoms with van der Waals surface area (Å²) in [5, 5.41) is 0.347. The van der Waals surface area contributed by atoms with Crippen LogP contribution in [0.4, 0.5) is 0 Å². The highest BCUT2D eigenvalue weighted by Crippen LogP contribution is 2.09. The van der Waals surface area contributed by atoms with Crippen LogP contribution in [0.25, 0.3) is 5.65 Å². The predicted octanol–water partition coefficient (Wildman–Crippen LogP) is 0.913. The Morgan fingerprint density at radius 2 is 2.33 bits per heavy atom. The van der Waals surface area contributed by atoms with E-state index in [9.17, 15) is 4.79 Å². The molecule has 0 saturated carbocycles. The van der Waals surface area contributed by atoms with E-state index in [1.807, 2.05) is 0 Å². The molecule has 2 N–H and O–H groups in total. The third-order valence-electron chi connectivity index (χ3n) is 1.98. The van der Waals surface area contributed by atoms with E-state index < -0.39 is 6.04 Å². The molecular weight excluding hydrogens is 216 g/mol. The molecule has 6 heteroatoms. The number of nitrogens with two attached hydrogens (primary N) is 1. The number of carbonyl (C=O) groups excluding carboxylic acids is 1.